The molecule has 0 bridgehead atoms. The molecule has 0 unspecified atom stereocenters. The summed E-state index contributed by atoms with van der Waals surface area (Å²) in [5.41, 5.74) is 3.48. The van der Waals surface area contributed by atoms with E-state index in [0.717, 1.165) is 15.6 Å². The van der Waals surface area contributed by atoms with E-state index in [9.17, 15) is 4.79 Å². The summed E-state index contributed by atoms with van der Waals surface area (Å²) >= 11 is 7.35. The Morgan fingerprint density at radius 1 is 1.37 bits per heavy atom. The zero-order valence-electron chi connectivity index (χ0n) is 10.0. The molecule has 1 amide bonds. The van der Waals surface area contributed by atoms with E-state index in [1.54, 1.807) is 12.1 Å². The van der Waals surface area contributed by atoms with Crippen molar-refractivity contribution >= 4 is 34.5 Å². The maximum absolute atomic E-state index is 11.8. The number of hydrogen-bond donors (Lipinski definition) is 3. The van der Waals surface area contributed by atoms with E-state index >= 15 is 0 Å². The number of nitrogen functional groups attached to an aromatic ring is 1. The van der Waals surface area contributed by atoms with Gasteiger partial charge in [0.2, 0.25) is 0 Å². The molecule has 7 heteroatoms. The van der Waals surface area contributed by atoms with Crippen molar-refractivity contribution in [2.75, 3.05) is 12.0 Å². The minimum Gasteiger partial charge on any atom is -0.350 e. The standard InChI is InChI=1S/C12H13ClN4OS/c13-11-4-2-9(19-11)5-6-15-12(18)10-3-1-8(17-14)7-16-10/h1-4,7,17H,5-6,14H2,(H,15,18). The van der Waals surface area contributed by atoms with Gasteiger partial charge in [-0.2, -0.15) is 0 Å². The molecule has 0 aliphatic carbocycles. The predicted molar refractivity (Wildman–Crippen MR) is 77.4 cm³/mol. The summed E-state index contributed by atoms with van der Waals surface area (Å²) in [5, 5.41) is 2.80. The van der Waals surface area contributed by atoms with Crippen molar-refractivity contribution in [1.82, 2.24) is 10.3 Å². The zero-order chi connectivity index (χ0) is 13.7. The Balaban J connectivity index is 1.83. The summed E-state index contributed by atoms with van der Waals surface area (Å²) < 4.78 is 0.757. The molecule has 0 aliphatic rings. The zero-order valence-corrected chi connectivity index (χ0v) is 11.6. The molecule has 2 aromatic heterocycles. The second-order valence-corrected chi connectivity index (χ2v) is 5.59. The molecule has 0 spiro atoms. The number of nitrogens with two attached hydrogens (primary N) is 1. The summed E-state index contributed by atoms with van der Waals surface area (Å²) in [7, 11) is 0. The van der Waals surface area contributed by atoms with Crippen LogP contribution in [0.15, 0.2) is 30.5 Å². The van der Waals surface area contributed by atoms with Crippen molar-refractivity contribution in [3.63, 3.8) is 0 Å². The fourth-order valence-electron chi connectivity index (χ4n) is 1.49. The number of carbonyl (C=O) groups is 1. The SMILES string of the molecule is NNc1ccc(C(=O)NCCc2ccc(Cl)s2)nc1. The topological polar surface area (TPSA) is 80.0 Å². The molecule has 100 valence electrons. The van der Waals surface area contributed by atoms with E-state index in [1.807, 2.05) is 12.1 Å². The highest BCUT2D eigenvalue weighted by Gasteiger charge is 2.06. The number of rotatable bonds is 5. The number of halogens is 1. The fraction of sp³-hybridized carbons (Fsp3) is 0.167. The molecule has 19 heavy (non-hydrogen) atoms. The first-order valence-corrected chi connectivity index (χ1v) is 6.83. The Morgan fingerprint density at radius 3 is 2.79 bits per heavy atom. The molecule has 0 saturated heterocycles. The van der Waals surface area contributed by atoms with Crippen LogP contribution in [0.5, 0.6) is 0 Å². The van der Waals surface area contributed by atoms with Gasteiger partial charge in [-0.25, -0.2) is 4.98 Å². The summed E-state index contributed by atoms with van der Waals surface area (Å²) in [6.07, 6.45) is 2.26. The van der Waals surface area contributed by atoms with Gasteiger partial charge in [-0.05, 0) is 30.7 Å². The highest BCUT2D eigenvalue weighted by molar-refractivity contribution is 7.16. The Labute approximate surface area is 119 Å². The van der Waals surface area contributed by atoms with Crippen molar-refractivity contribution in [3.05, 3.63) is 45.4 Å². The number of carbonyl (C=O) groups excluding carboxylic acids is 1. The third-order valence-electron chi connectivity index (χ3n) is 2.45. The van der Waals surface area contributed by atoms with Crippen LogP contribution < -0.4 is 16.6 Å². The molecule has 4 N–H and O–H groups in total. The van der Waals surface area contributed by atoms with Crippen LogP contribution in [0, 0.1) is 0 Å². The molecular formula is C12H13ClN4OS. The number of nitrogens with one attached hydrogen (secondary N) is 2. The Bertz CT molecular complexity index is 555. The molecule has 0 aliphatic heterocycles. The van der Waals surface area contributed by atoms with Gasteiger partial charge >= 0.3 is 0 Å². The first kappa shape index (κ1) is 13.8. The summed E-state index contributed by atoms with van der Waals surface area (Å²) in [4.78, 5) is 16.9. The Kier molecular flexibility index (Phi) is 4.73. The van der Waals surface area contributed by atoms with Crippen LogP contribution in [0.4, 0.5) is 5.69 Å². The number of aromatic nitrogens is 1. The van der Waals surface area contributed by atoms with Crippen molar-refractivity contribution in [2.24, 2.45) is 5.84 Å². The normalized spacial score (nSPS) is 10.2. The quantitative estimate of drug-likeness (QED) is 0.583. The van der Waals surface area contributed by atoms with Gasteiger partial charge in [0.05, 0.1) is 16.2 Å². The smallest absolute Gasteiger partial charge is 0.269 e. The predicted octanol–water partition coefficient (Wildman–Crippen LogP) is 2.05. The van der Waals surface area contributed by atoms with Crippen LogP contribution >= 0.6 is 22.9 Å². The van der Waals surface area contributed by atoms with Crippen molar-refractivity contribution in [1.29, 1.82) is 0 Å². The lowest BCUT2D eigenvalue weighted by Crippen LogP contribution is -2.26. The van der Waals surface area contributed by atoms with Gasteiger partial charge in [-0.15, -0.1) is 11.3 Å². The van der Waals surface area contributed by atoms with Gasteiger partial charge in [0.15, 0.2) is 0 Å². The fourth-order valence-corrected chi connectivity index (χ4v) is 2.58. The van der Waals surface area contributed by atoms with Crippen LogP contribution in [0.25, 0.3) is 0 Å². The van der Waals surface area contributed by atoms with E-state index in [0.29, 0.717) is 17.9 Å². The van der Waals surface area contributed by atoms with Crippen LogP contribution in [0.2, 0.25) is 4.34 Å². The van der Waals surface area contributed by atoms with Gasteiger partial charge < -0.3 is 10.7 Å². The van der Waals surface area contributed by atoms with Crippen molar-refractivity contribution < 1.29 is 4.79 Å². The summed E-state index contributed by atoms with van der Waals surface area (Å²) in [5.74, 6) is 5.02. The van der Waals surface area contributed by atoms with Gasteiger partial charge in [-0.3, -0.25) is 10.6 Å². The van der Waals surface area contributed by atoms with Crippen LogP contribution in [-0.4, -0.2) is 17.4 Å². The molecular weight excluding hydrogens is 284 g/mol. The maximum atomic E-state index is 11.8. The minimum absolute atomic E-state index is 0.203. The molecule has 2 heterocycles. The molecule has 0 atom stereocenters. The second kappa shape index (κ2) is 6.51. The van der Waals surface area contributed by atoms with Gasteiger partial charge in [0.1, 0.15) is 5.69 Å². The highest BCUT2D eigenvalue weighted by Crippen LogP contribution is 2.21. The van der Waals surface area contributed by atoms with Crippen LogP contribution in [0.1, 0.15) is 15.4 Å². The van der Waals surface area contributed by atoms with Gasteiger partial charge in [0.25, 0.3) is 5.91 Å². The molecule has 2 rings (SSSR count). The Morgan fingerprint density at radius 2 is 2.21 bits per heavy atom. The van der Waals surface area contributed by atoms with Gasteiger partial charge in [0, 0.05) is 11.4 Å². The average Bonchev–Trinajstić information content (AvgIpc) is 2.84. The lowest BCUT2D eigenvalue weighted by Gasteiger charge is -2.04. The number of hydrogen-bond acceptors (Lipinski definition) is 5. The summed E-state index contributed by atoms with van der Waals surface area (Å²) in [6.45, 7) is 0.550. The average molecular weight is 297 g/mol. The number of amides is 1. The lowest BCUT2D eigenvalue weighted by molar-refractivity contribution is 0.0949. The van der Waals surface area contributed by atoms with Crippen LogP contribution in [-0.2, 0) is 6.42 Å². The van der Waals surface area contributed by atoms with E-state index in [1.165, 1.54) is 17.5 Å². The van der Waals surface area contributed by atoms with E-state index < -0.39 is 0 Å². The number of pyridine rings is 1. The van der Waals surface area contributed by atoms with Crippen LogP contribution in [0.3, 0.4) is 0 Å². The largest absolute Gasteiger partial charge is 0.350 e. The third-order valence-corrected chi connectivity index (χ3v) is 3.74. The number of thiophene rings is 1. The molecule has 0 fully saturated rings. The van der Waals surface area contributed by atoms with Gasteiger partial charge in [-0.1, -0.05) is 11.6 Å². The molecule has 5 nitrogen and oxygen atoms in total. The minimum atomic E-state index is -0.203. The lowest BCUT2D eigenvalue weighted by atomic mass is 10.3. The number of nitrogens with zero attached hydrogens (tertiary/aromatic N) is 1. The first-order chi connectivity index (χ1) is 9.19. The molecule has 0 radical (unpaired) electrons. The third kappa shape index (κ3) is 3.92. The van der Waals surface area contributed by atoms with Crippen molar-refractivity contribution in [3.8, 4) is 0 Å². The Hall–Kier alpha value is -1.63. The maximum Gasteiger partial charge on any atom is 0.269 e. The monoisotopic (exact) mass is 296 g/mol. The second-order valence-electron chi connectivity index (χ2n) is 3.79. The van der Waals surface area contributed by atoms with E-state index in [4.69, 9.17) is 17.4 Å². The van der Waals surface area contributed by atoms with E-state index in [2.05, 4.69) is 15.7 Å². The number of hydrazine groups is 1. The van der Waals surface area contributed by atoms with E-state index in [-0.39, 0.29) is 5.91 Å². The highest BCUT2D eigenvalue weighted by atomic mass is 35.5. The molecule has 2 aromatic rings. The van der Waals surface area contributed by atoms with Crippen molar-refractivity contribution in [2.45, 2.75) is 6.42 Å². The summed E-state index contributed by atoms with van der Waals surface area (Å²) in [6, 6.07) is 7.12. The molecule has 0 saturated carbocycles. The number of anilines is 1. The molecule has 0 aromatic carbocycles. The first-order valence-electron chi connectivity index (χ1n) is 5.64.